The molecule has 5 nitrogen and oxygen atoms in total. The Balaban J connectivity index is 3.17. The van der Waals surface area contributed by atoms with Gasteiger partial charge in [-0.25, -0.2) is 9.37 Å². The number of aromatic nitrogens is 1. The summed E-state index contributed by atoms with van der Waals surface area (Å²) in [6.07, 6.45) is -5.66. The van der Waals surface area contributed by atoms with Gasteiger partial charge in [0.2, 0.25) is 5.88 Å². The van der Waals surface area contributed by atoms with Crippen molar-refractivity contribution in [1.82, 2.24) is 4.98 Å². The highest BCUT2D eigenvalue weighted by atomic mass is 19.4. The number of aliphatic carboxylic acids is 1. The molecular formula is C9H8F4N2O3. The monoisotopic (exact) mass is 268 g/mol. The number of carboxylic acid groups (broad SMARTS) is 1. The number of rotatable bonds is 4. The molecule has 0 bridgehead atoms. The topological polar surface area (TPSA) is 85.4 Å². The summed E-state index contributed by atoms with van der Waals surface area (Å²) < 4.78 is 51.9. The smallest absolute Gasteiger partial charge is 0.481 e. The zero-order chi connectivity index (χ0) is 13.9. The molecule has 0 atom stereocenters. The Hall–Kier alpha value is -2.06. The summed E-state index contributed by atoms with van der Waals surface area (Å²) in [7, 11) is 0. The van der Waals surface area contributed by atoms with Crippen LogP contribution in [-0.4, -0.2) is 22.4 Å². The van der Waals surface area contributed by atoms with E-state index in [1.807, 2.05) is 0 Å². The SMILES string of the molecule is Nc1c(CC(=O)O)cc(OC(F)(F)F)nc1CF. The van der Waals surface area contributed by atoms with E-state index in [0.717, 1.165) is 6.07 Å². The third kappa shape index (κ3) is 3.75. The number of anilines is 1. The summed E-state index contributed by atoms with van der Waals surface area (Å²) in [6, 6.07) is 0.718. The molecule has 0 amide bonds. The van der Waals surface area contributed by atoms with Crippen molar-refractivity contribution >= 4 is 11.7 Å². The molecule has 9 heteroatoms. The number of nitrogens with two attached hydrogens (primary N) is 1. The number of hydrogen-bond donors (Lipinski definition) is 2. The molecular weight excluding hydrogens is 260 g/mol. The van der Waals surface area contributed by atoms with E-state index >= 15 is 0 Å². The lowest BCUT2D eigenvalue weighted by atomic mass is 10.1. The molecule has 0 aromatic carbocycles. The van der Waals surface area contributed by atoms with Gasteiger partial charge in [-0.3, -0.25) is 4.79 Å². The Morgan fingerprint density at radius 2 is 2.11 bits per heavy atom. The molecule has 1 rings (SSSR count). The molecule has 0 fully saturated rings. The molecule has 3 N–H and O–H groups in total. The molecule has 0 saturated carbocycles. The van der Waals surface area contributed by atoms with E-state index in [-0.39, 0.29) is 11.3 Å². The lowest BCUT2D eigenvalue weighted by Crippen LogP contribution is -2.19. The molecule has 1 aromatic rings. The highest BCUT2D eigenvalue weighted by molar-refractivity contribution is 5.73. The van der Waals surface area contributed by atoms with Crippen LogP contribution in [0.3, 0.4) is 0 Å². The third-order valence-electron chi connectivity index (χ3n) is 1.89. The maximum atomic E-state index is 12.5. The summed E-state index contributed by atoms with van der Waals surface area (Å²) in [5, 5.41) is 8.55. The number of carboxylic acids is 1. The van der Waals surface area contributed by atoms with Crippen LogP contribution in [0.4, 0.5) is 23.2 Å². The minimum atomic E-state index is -5.00. The number of halogens is 4. The Morgan fingerprint density at radius 3 is 2.56 bits per heavy atom. The standard InChI is InChI=1S/C9H8F4N2O3/c10-3-5-8(14)4(2-7(16)17)1-6(15-5)18-9(11,12)13/h1H,2-3,14H2,(H,16,17). The lowest BCUT2D eigenvalue weighted by Gasteiger charge is -2.12. The number of carbonyl (C=O) groups is 1. The van der Waals surface area contributed by atoms with Crippen molar-refractivity contribution in [3.63, 3.8) is 0 Å². The zero-order valence-electron chi connectivity index (χ0n) is 8.79. The van der Waals surface area contributed by atoms with Gasteiger partial charge >= 0.3 is 12.3 Å². The van der Waals surface area contributed by atoms with Gasteiger partial charge in [-0.05, 0) is 5.56 Å². The van der Waals surface area contributed by atoms with Crippen LogP contribution in [0.25, 0.3) is 0 Å². The Kier molecular flexibility index (Phi) is 3.94. The summed E-state index contributed by atoms with van der Waals surface area (Å²) in [6.45, 7) is -1.23. The fourth-order valence-electron chi connectivity index (χ4n) is 1.22. The summed E-state index contributed by atoms with van der Waals surface area (Å²) in [5.41, 5.74) is 4.39. The highest BCUT2D eigenvalue weighted by Gasteiger charge is 2.32. The van der Waals surface area contributed by atoms with Crippen LogP contribution in [0.5, 0.6) is 5.88 Å². The van der Waals surface area contributed by atoms with Crippen LogP contribution in [0.15, 0.2) is 6.07 Å². The molecule has 18 heavy (non-hydrogen) atoms. The molecule has 100 valence electrons. The maximum Gasteiger partial charge on any atom is 0.574 e. The van der Waals surface area contributed by atoms with Crippen molar-refractivity contribution in [2.45, 2.75) is 19.5 Å². The first-order valence-corrected chi connectivity index (χ1v) is 4.54. The summed E-state index contributed by atoms with van der Waals surface area (Å²) in [4.78, 5) is 13.7. The van der Waals surface area contributed by atoms with E-state index in [1.54, 1.807) is 0 Å². The van der Waals surface area contributed by atoms with Gasteiger partial charge in [-0.15, -0.1) is 13.2 Å². The predicted octanol–water partition coefficient (Wildman–Crippen LogP) is 1.66. The molecule has 0 aliphatic rings. The van der Waals surface area contributed by atoms with Crippen LogP contribution in [0.2, 0.25) is 0 Å². The number of hydrogen-bond acceptors (Lipinski definition) is 4. The Morgan fingerprint density at radius 1 is 1.50 bits per heavy atom. The van der Waals surface area contributed by atoms with E-state index in [9.17, 15) is 22.4 Å². The maximum absolute atomic E-state index is 12.5. The van der Waals surface area contributed by atoms with E-state index in [2.05, 4.69) is 9.72 Å². The van der Waals surface area contributed by atoms with Crippen molar-refractivity contribution in [2.75, 3.05) is 5.73 Å². The Bertz CT molecular complexity index is 462. The first-order chi connectivity index (χ1) is 8.23. The quantitative estimate of drug-likeness (QED) is 0.811. The van der Waals surface area contributed by atoms with Crippen LogP contribution in [0.1, 0.15) is 11.3 Å². The molecule has 0 aliphatic heterocycles. The molecule has 1 aromatic heterocycles. The van der Waals surface area contributed by atoms with Crippen molar-refractivity contribution < 1.29 is 32.2 Å². The zero-order valence-corrected chi connectivity index (χ0v) is 8.79. The Labute approximate surface area is 98.2 Å². The summed E-state index contributed by atoms with van der Waals surface area (Å²) in [5.74, 6) is -2.27. The minimum Gasteiger partial charge on any atom is -0.481 e. The second-order valence-electron chi connectivity index (χ2n) is 3.23. The number of ether oxygens (including phenoxy) is 1. The lowest BCUT2D eigenvalue weighted by molar-refractivity contribution is -0.276. The first kappa shape index (κ1) is 14.0. The van der Waals surface area contributed by atoms with Crippen molar-refractivity contribution in [3.8, 4) is 5.88 Å². The van der Waals surface area contributed by atoms with E-state index < -0.39 is 37.0 Å². The van der Waals surface area contributed by atoms with Crippen LogP contribution in [-0.2, 0) is 17.9 Å². The fraction of sp³-hybridized carbons (Fsp3) is 0.333. The molecule has 0 saturated heterocycles. The van der Waals surface area contributed by atoms with Gasteiger partial charge in [0.25, 0.3) is 0 Å². The average molecular weight is 268 g/mol. The summed E-state index contributed by atoms with van der Waals surface area (Å²) >= 11 is 0. The van der Waals surface area contributed by atoms with Gasteiger partial charge in [0.15, 0.2) is 0 Å². The van der Waals surface area contributed by atoms with E-state index in [4.69, 9.17) is 10.8 Å². The van der Waals surface area contributed by atoms with Gasteiger partial charge in [0.1, 0.15) is 6.67 Å². The van der Waals surface area contributed by atoms with E-state index in [0.29, 0.717) is 0 Å². The second-order valence-corrected chi connectivity index (χ2v) is 3.23. The van der Waals surface area contributed by atoms with Crippen molar-refractivity contribution in [2.24, 2.45) is 0 Å². The average Bonchev–Trinajstić information content (AvgIpc) is 2.19. The predicted molar refractivity (Wildman–Crippen MR) is 51.5 cm³/mol. The fourth-order valence-corrected chi connectivity index (χ4v) is 1.22. The van der Waals surface area contributed by atoms with Gasteiger partial charge in [-0.2, -0.15) is 0 Å². The minimum absolute atomic E-state index is 0.190. The van der Waals surface area contributed by atoms with E-state index in [1.165, 1.54) is 0 Å². The normalized spacial score (nSPS) is 11.3. The molecule has 0 aliphatic carbocycles. The van der Waals surface area contributed by atoms with Gasteiger partial charge in [0.05, 0.1) is 17.8 Å². The molecule has 0 radical (unpaired) electrons. The van der Waals surface area contributed by atoms with Gasteiger partial charge in [0, 0.05) is 6.07 Å². The van der Waals surface area contributed by atoms with Crippen molar-refractivity contribution in [1.29, 1.82) is 0 Å². The first-order valence-electron chi connectivity index (χ1n) is 4.54. The number of nitrogens with zero attached hydrogens (tertiary/aromatic N) is 1. The highest BCUT2D eigenvalue weighted by Crippen LogP contribution is 2.27. The van der Waals surface area contributed by atoms with Crippen molar-refractivity contribution in [3.05, 3.63) is 17.3 Å². The van der Waals surface area contributed by atoms with Crippen LogP contribution < -0.4 is 10.5 Å². The number of alkyl halides is 4. The number of nitrogen functional groups attached to an aromatic ring is 1. The molecule has 1 heterocycles. The largest absolute Gasteiger partial charge is 0.574 e. The second kappa shape index (κ2) is 5.07. The van der Waals surface area contributed by atoms with Crippen LogP contribution in [0, 0.1) is 0 Å². The third-order valence-corrected chi connectivity index (χ3v) is 1.89. The molecule has 0 spiro atoms. The molecule has 0 unspecified atom stereocenters. The van der Waals surface area contributed by atoms with Gasteiger partial charge < -0.3 is 15.6 Å². The number of pyridine rings is 1. The van der Waals surface area contributed by atoms with Gasteiger partial charge in [-0.1, -0.05) is 0 Å². The van der Waals surface area contributed by atoms with Crippen LogP contribution >= 0.6 is 0 Å².